The lowest BCUT2D eigenvalue weighted by atomic mass is 10.1. The van der Waals surface area contributed by atoms with E-state index in [9.17, 15) is 18.4 Å². The van der Waals surface area contributed by atoms with E-state index in [-0.39, 0.29) is 30.9 Å². The van der Waals surface area contributed by atoms with Gasteiger partial charge in [0, 0.05) is 24.9 Å². The van der Waals surface area contributed by atoms with Crippen molar-refractivity contribution in [3.63, 3.8) is 0 Å². The second kappa shape index (κ2) is 8.34. The minimum absolute atomic E-state index is 0.0152. The molecule has 21 heavy (non-hydrogen) atoms. The Balaban J connectivity index is 2.58. The fraction of sp³-hybridized carbons (Fsp3) is 0.467. The van der Waals surface area contributed by atoms with Gasteiger partial charge < -0.3 is 10.0 Å². The number of unbranched alkanes of at least 4 members (excludes halogenated alkanes) is 1. The molecule has 0 aliphatic rings. The standard InChI is InChI=1S/C15H19F2NO3/c1-2-18(14(19)8-3-4-9-15(20)21)10-11-12(16)6-5-7-13(11)17/h5-7H,2-4,8-10H2,1H3,(H,20,21). The monoisotopic (exact) mass is 299 g/mol. The third-order valence-corrected chi connectivity index (χ3v) is 3.18. The molecule has 0 aliphatic heterocycles. The van der Waals surface area contributed by atoms with Crippen LogP contribution in [0.1, 0.15) is 38.2 Å². The van der Waals surface area contributed by atoms with Gasteiger partial charge in [0.2, 0.25) is 5.91 Å². The molecule has 0 bridgehead atoms. The fourth-order valence-corrected chi connectivity index (χ4v) is 1.96. The topological polar surface area (TPSA) is 57.6 Å². The van der Waals surface area contributed by atoms with Gasteiger partial charge in [-0.05, 0) is 31.9 Å². The number of benzene rings is 1. The Labute approximate surface area is 122 Å². The molecular weight excluding hydrogens is 280 g/mol. The van der Waals surface area contributed by atoms with Crippen LogP contribution in [0.5, 0.6) is 0 Å². The van der Waals surface area contributed by atoms with Gasteiger partial charge in [-0.25, -0.2) is 8.78 Å². The first-order valence-electron chi connectivity index (χ1n) is 6.88. The lowest BCUT2D eigenvalue weighted by molar-refractivity contribution is -0.137. The van der Waals surface area contributed by atoms with Gasteiger partial charge >= 0.3 is 5.97 Å². The highest BCUT2D eigenvalue weighted by molar-refractivity contribution is 5.76. The quantitative estimate of drug-likeness (QED) is 0.751. The smallest absolute Gasteiger partial charge is 0.303 e. The number of halogens is 2. The Bertz CT molecular complexity index is 485. The maximum absolute atomic E-state index is 13.6. The summed E-state index contributed by atoms with van der Waals surface area (Å²) in [5.41, 5.74) is -0.127. The summed E-state index contributed by atoms with van der Waals surface area (Å²) in [5, 5.41) is 8.51. The SMILES string of the molecule is CCN(Cc1c(F)cccc1F)C(=O)CCCCC(=O)O. The van der Waals surface area contributed by atoms with E-state index >= 15 is 0 Å². The van der Waals surface area contributed by atoms with Crippen LogP contribution in [0.2, 0.25) is 0 Å². The molecule has 116 valence electrons. The number of aliphatic carboxylic acids is 1. The predicted octanol–water partition coefficient (Wildman–Crippen LogP) is 2.96. The summed E-state index contributed by atoms with van der Waals surface area (Å²) in [6.45, 7) is 1.95. The van der Waals surface area contributed by atoms with Crippen molar-refractivity contribution in [1.82, 2.24) is 4.90 Å². The summed E-state index contributed by atoms with van der Waals surface area (Å²) in [6, 6.07) is 3.59. The van der Waals surface area contributed by atoms with Crippen LogP contribution >= 0.6 is 0 Å². The Morgan fingerprint density at radius 1 is 1.14 bits per heavy atom. The summed E-state index contributed by atoms with van der Waals surface area (Å²) in [6.07, 6.45) is 1.05. The molecule has 1 aromatic rings. The first kappa shape index (κ1) is 17.1. The Kier molecular flexibility index (Phi) is 6.78. The molecule has 6 heteroatoms. The summed E-state index contributed by atoms with van der Waals surface area (Å²) >= 11 is 0. The normalized spacial score (nSPS) is 10.4. The summed E-state index contributed by atoms with van der Waals surface area (Å²) in [4.78, 5) is 23.7. The Morgan fingerprint density at radius 2 is 1.71 bits per heavy atom. The van der Waals surface area contributed by atoms with Crippen molar-refractivity contribution in [2.75, 3.05) is 6.54 Å². The minimum Gasteiger partial charge on any atom is -0.481 e. The van der Waals surface area contributed by atoms with Crippen LogP contribution in [-0.2, 0) is 16.1 Å². The Morgan fingerprint density at radius 3 is 2.24 bits per heavy atom. The molecule has 0 aliphatic carbocycles. The molecule has 1 aromatic carbocycles. The molecule has 0 saturated carbocycles. The van der Waals surface area contributed by atoms with E-state index < -0.39 is 17.6 Å². The van der Waals surface area contributed by atoms with Crippen molar-refractivity contribution in [1.29, 1.82) is 0 Å². The van der Waals surface area contributed by atoms with Crippen molar-refractivity contribution in [2.24, 2.45) is 0 Å². The van der Waals surface area contributed by atoms with E-state index in [0.717, 1.165) is 12.1 Å². The molecule has 0 atom stereocenters. The van der Waals surface area contributed by atoms with Gasteiger partial charge in [-0.2, -0.15) is 0 Å². The molecule has 1 rings (SSSR count). The zero-order chi connectivity index (χ0) is 15.8. The van der Waals surface area contributed by atoms with Crippen LogP contribution in [0.3, 0.4) is 0 Å². The van der Waals surface area contributed by atoms with Crippen LogP contribution < -0.4 is 0 Å². The maximum Gasteiger partial charge on any atom is 0.303 e. The second-order valence-corrected chi connectivity index (χ2v) is 4.71. The highest BCUT2D eigenvalue weighted by atomic mass is 19.1. The molecule has 0 unspecified atom stereocenters. The summed E-state index contributed by atoms with van der Waals surface area (Å²) in [7, 11) is 0. The van der Waals surface area contributed by atoms with Gasteiger partial charge in [-0.15, -0.1) is 0 Å². The van der Waals surface area contributed by atoms with Crippen molar-refractivity contribution < 1.29 is 23.5 Å². The van der Waals surface area contributed by atoms with E-state index in [1.165, 1.54) is 11.0 Å². The average molecular weight is 299 g/mol. The lowest BCUT2D eigenvalue weighted by Crippen LogP contribution is -2.30. The number of rotatable bonds is 8. The fourth-order valence-electron chi connectivity index (χ4n) is 1.96. The van der Waals surface area contributed by atoms with E-state index in [4.69, 9.17) is 5.11 Å². The molecular formula is C15H19F2NO3. The van der Waals surface area contributed by atoms with E-state index in [1.54, 1.807) is 6.92 Å². The molecule has 0 saturated heterocycles. The number of carbonyl (C=O) groups is 2. The van der Waals surface area contributed by atoms with Crippen LogP contribution in [0, 0.1) is 11.6 Å². The molecule has 0 fully saturated rings. The summed E-state index contributed by atoms with van der Waals surface area (Å²) in [5.74, 6) is -2.48. The van der Waals surface area contributed by atoms with E-state index in [2.05, 4.69) is 0 Å². The van der Waals surface area contributed by atoms with Gasteiger partial charge in [-0.3, -0.25) is 9.59 Å². The second-order valence-electron chi connectivity index (χ2n) is 4.71. The number of hydrogen-bond donors (Lipinski definition) is 1. The number of carboxylic acids is 1. The number of carbonyl (C=O) groups excluding carboxylic acids is 1. The highest BCUT2D eigenvalue weighted by Gasteiger charge is 2.16. The molecule has 0 spiro atoms. The third kappa shape index (κ3) is 5.49. The molecule has 1 N–H and O–H groups in total. The van der Waals surface area contributed by atoms with Crippen molar-refractivity contribution >= 4 is 11.9 Å². The van der Waals surface area contributed by atoms with Crippen LogP contribution in [0.25, 0.3) is 0 Å². The number of nitrogens with zero attached hydrogens (tertiary/aromatic N) is 1. The highest BCUT2D eigenvalue weighted by Crippen LogP contribution is 2.15. The van der Waals surface area contributed by atoms with Crippen molar-refractivity contribution in [2.45, 2.75) is 39.2 Å². The molecule has 0 heterocycles. The molecule has 4 nitrogen and oxygen atoms in total. The van der Waals surface area contributed by atoms with Crippen molar-refractivity contribution in [3.05, 3.63) is 35.4 Å². The average Bonchev–Trinajstić information content (AvgIpc) is 2.43. The maximum atomic E-state index is 13.6. The third-order valence-electron chi connectivity index (χ3n) is 3.18. The zero-order valence-electron chi connectivity index (χ0n) is 11.9. The first-order chi connectivity index (χ1) is 9.95. The van der Waals surface area contributed by atoms with Gasteiger partial charge in [0.05, 0.1) is 6.54 Å². The van der Waals surface area contributed by atoms with Crippen LogP contribution in [-0.4, -0.2) is 28.4 Å². The van der Waals surface area contributed by atoms with Gasteiger partial charge in [-0.1, -0.05) is 6.07 Å². The minimum atomic E-state index is -0.900. The number of amides is 1. The van der Waals surface area contributed by atoms with Crippen LogP contribution in [0.4, 0.5) is 8.78 Å². The zero-order valence-corrected chi connectivity index (χ0v) is 11.9. The molecule has 0 radical (unpaired) electrons. The molecule has 0 aromatic heterocycles. The predicted molar refractivity (Wildman–Crippen MR) is 73.6 cm³/mol. The largest absolute Gasteiger partial charge is 0.481 e. The number of hydrogen-bond acceptors (Lipinski definition) is 2. The van der Waals surface area contributed by atoms with Crippen molar-refractivity contribution in [3.8, 4) is 0 Å². The summed E-state index contributed by atoms with van der Waals surface area (Å²) < 4.78 is 27.1. The van der Waals surface area contributed by atoms with Gasteiger partial charge in [0.25, 0.3) is 0 Å². The van der Waals surface area contributed by atoms with Crippen LogP contribution in [0.15, 0.2) is 18.2 Å². The van der Waals surface area contributed by atoms with E-state index in [0.29, 0.717) is 19.4 Å². The Hall–Kier alpha value is -1.98. The first-order valence-corrected chi connectivity index (χ1v) is 6.88. The lowest BCUT2D eigenvalue weighted by Gasteiger charge is -2.21. The number of carboxylic acid groups (broad SMARTS) is 1. The van der Waals surface area contributed by atoms with E-state index in [1.807, 2.05) is 0 Å². The van der Waals surface area contributed by atoms with Gasteiger partial charge in [0.15, 0.2) is 0 Å². The van der Waals surface area contributed by atoms with Gasteiger partial charge in [0.1, 0.15) is 11.6 Å². The molecule has 1 amide bonds.